The zero-order valence-corrected chi connectivity index (χ0v) is 18.1. The molecule has 6 nitrogen and oxygen atoms in total. The molecule has 0 spiro atoms. The molecule has 0 saturated carbocycles. The number of anilines is 2. The fraction of sp³-hybridized carbons (Fsp3) is 0.111. The van der Waals surface area contributed by atoms with Crippen LogP contribution in [0, 0.1) is 0 Å². The Morgan fingerprint density at radius 1 is 0.909 bits per heavy atom. The molecule has 0 bridgehead atoms. The van der Waals surface area contributed by atoms with Gasteiger partial charge in [-0.2, -0.15) is 0 Å². The van der Waals surface area contributed by atoms with Crippen LogP contribution in [0.5, 0.6) is 0 Å². The van der Waals surface area contributed by atoms with Gasteiger partial charge < -0.3 is 19.7 Å². The van der Waals surface area contributed by atoms with E-state index in [4.69, 9.17) is 4.42 Å². The second kappa shape index (κ2) is 9.87. The minimum absolute atomic E-state index is 0.133. The Morgan fingerprint density at radius 3 is 2.24 bits per heavy atom. The molecule has 4 aromatic rings. The number of carbonyl (C=O) groups excluding carboxylic acids is 1. The van der Waals surface area contributed by atoms with E-state index in [1.165, 1.54) is 12.3 Å². The summed E-state index contributed by atoms with van der Waals surface area (Å²) in [4.78, 5) is 26.5. The van der Waals surface area contributed by atoms with E-state index in [1.807, 2.05) is 79.7 Å². The third-order valence-corrected chi connectivity index (χ3v) is 5.54. The summed E-state index contributed by atoms with van der Waals surface area (Å²) in [6, 6.07) is 27.6. The third-order valence-electron chi connectivity index (χ3n) is 5.54. The number of carboxylic acid groups (broad SMARTS) is 1. The Hall–Kier alpha value is -4.32. The number of para-hydroxylation sites is 2. The molecule has 6 heteroatoms. The predicted octanol–water partition coefficient (Wildman–Crippen LogP) is 6.00. The van der Waals surface area contributed by atoms with Crippen LogP contribution in [0.2, 0.25) is 0 Å². The number of rotatable bonds is 8. The molecule has 0 aliphatic carbocycles. The molecule has 1 heterocycles. The van der Waals surface area contributed by atoms with Gasteiger partial charge in [-0.25, -0.2) is 4.79 Å². The topological polar surface area (TPSA) is 82.8 Å². The van der Waals surface area contributed by atoms with Crippen LogP contribution >= 0.6 is 0 Å². The van der Waals surface area contributed by atoms with Crippen molar-refractivity contribution < 1.29 is 19.1 Å². The van der Waals surface area contributed by atoms with E-state index >= 15 is 0 Å². The Labute approximate surface area is 192 Å². The van der Waals surface area contributed by atoms with Gasteiger partial charge in [-0.1, -0.05) is 54.6 Å². The Kier molecular flexibility index (Phi) is 6.55. The van der Waals surface area contributed by atoms with Gasteiger partial charge in [0.1, 0.15) is 11.3 Å². The van der Waals surface area contributed by atoms with Gasteiger partial charge in [0.2, 0.25) is 0 Å². The maximum absolute atomic E-state index is 12.8. The van der Waals surface area contributed by atoms with Gasteiger partial charge in [0.25, 0.3) is 5.91 Å². The smallest absolute Gasteiger partial charge is 0.339 e. The molecule has 0 aliphatic heterocycles. The normalized spacial score (nSPS) is 11.5. The highest BCUT2D eigenvalue weighted by atomic mass is 16.4. The first-order valence-electron chi connectivity index (χ1n) is 10.6. The van der Waals surface area contributed by atoms with E-state index in [0.717, 1.165) is 11.3 Å². The zero-order valence-electron chi connectivity index (χ0n) is 18.1. The van der Waals surface area contributed by atoms with E-state index in [0.29, 0.717) is 17.0 Å². The number of aromatic carboxylic acids is 1. The third kappa shape index (κ3) is 4.96. The number of carboxylic acids is 1. The van der Waals surface area contributed by atoms with E-state index in [-0.39, 0.29) is 24.1 Å². The van der Waals surface area contributed by atoms with Crippen molar-refractivity contribution in [3.63, 3.8) is 0 Å². The molecule has 1 atom stereocenters. The van der Waals surface area contributed by atoms with Gasteiger partial charge in [0.15, 0.2) is 0 Å². The van der Waals surface area contributed by atoms with Crippen molar-refractivity contribution in [3.8, 4) is 0 Å². The van der Waals surface area contributed by atoms with Gasteiger partial charge >= 0.3 is 5.97 Å². The predicted molar refractivity (Wildman–Crippen MR) is 128 cm³/mol. The molecule has 166 valence electrons. The van der Waals surface area contributed by atoms with Gasteiger partial charge in [-0.05, 0) is 48.9 Å². The van der Waals surface area contributed by atoms with Crippen LogP contribution in [0.1, 0.15) is 45.0 Å². The van der Waals surface area contributed by atoms with Crippen molar-refractivity contribution >= 4 is 23.3 Å². The van der Waals surface area contributed by atoms with E-state index in [9.17, 15) is 14.7 Å². The molecule has 0 radical (unpaired) electrons. The summed E-state index contributed by atoms with van der Waals surface area (Å²) < 4.78 is 5.52. The summed E-state index contributed by atoms with van der Waals surface area (Å²) in [5.41, 5.74) is 3.20. The highest BCUT2D eigenvalue weighted by Crippen LogP contribution is 2.33. The number of furan rings is 1. The first kappa shape index (κ1) is 21.9. The highest BCUT2D eigenvalue weighted by molar-refractivity contribution is 6.04. The molecule has 0 fully saturated rings. The first-order valence-corrected chi connectivity index (χ1v) is 10.6. The summed E-state index contributed by atoms with van der Waals surface area (Å²) in [5.74, 6) is -0.861. The molecule has 33 heavy (non-hydrogen) atoms. The molecule has 1 unspecified atom stereocenters. The van der Waals surface area contributed by atoms with Gasteiger partial charge in [-0.3, -0.25) is 4.79 Å². The van der Waals surface area contributed by atoms with E-state index < -0.39 is 5.97 Å². The first-order chi connectivity index (χ1) is 16.0. The van der Waals surface area contributed by atoms with Crippen LogP contribution in [-0.2, 0) is 6.54 Å². The number of nitrogens with zero attached hydrogens (tertiary/aromatic N) is 1. The summed E-state index contributed by atoms with van der Waals surface area (Å²) in [7, 11) is 0. The van der Waals surface area contributed by atoms with Gasteiger partial charge in [0.05, 0.1) is 18.8 Å². The summed E-state index contributed by atoms with van der Waals surface area (Å²) >= 11 is 0. The van der Waals surface area contributed by atoms with Crippen LogP contribution in [-0.4, -0.2) is 17.0 Å². The number of nitrogens with one attached hydrogen (secondary N) is 1. The quantitative estimate of drug-likeness (QED) is 0.351. The average molecular weight is 440 g/mol. The van der Waals surface area contributed by atoms with Crippen LogP contribution in [0.15, 0.2) is 102 Å². The lowest BCUT2D eigenvalue weighted by Crippen LogP contribution is -2.28. The Bertz CT molecular complexity index is 1240. The lowest BCUT2D eigenvalue weighted by Gasteiger charge is -2.32. The molecule has 1 amide bonds. The second-order valence-corrected chi connectivity index (χ2v) is 7.61. The fourth-order valence-corrected chi connectivity index (χ4v) is 3.81. The van der Waals surface area contributed by atoms with Crippen molar-refractivity contribution in [1.82, 2.24) is 0 Å². The van der Waals surface area contributed by atoms with E-state index in [1.54, 1.807) is 12.1 Å². The van der Waals surface area contributed by atoms with Crippen LogP contribution in [0.25, 0.3) is 0 Å². The van der Waals surface area contributed by atoms with Gasteiger partial charge in [0, 0.05) is 16.9 Å². The number of hydrogen-bond acceptors (Lipinski definition) is 4. The molecule has 0 saturated heterocycles. The SMILES string of the molecule is CC(c1ccccc1NC(=O)c1ccccc1)N(Cc1occc1C(=O)O)c1ccccc1. The lowest BCUT2D eigenvalue weighted by atomic mass is 10.0. The monoisotopic (exact) mass is 440 g/mol. The van der Waals surface area contributed by atoms with Crippen LogP contribution < -0.4 is 10.2 Å². The lowest BCUT2D eigenvalue weighted by molar-refractivity contribution is 0.0694. The number of hydrogen-bond donors (Lipinski definition) is 2. The standard InChI is InChI=1S/C27H24N2O4/c1-19(22-14-8-9-15-24(22)28-26(30)20-10-4-2-5-11-20)29(21-12-6-3-7-13-21)18-25-23(27(31)32)16-17-33-25/h2-17,19H,18H2,1H3,(H,28,30)(H,31,32). The minimum Gasteiger partial charge on any atom is -0.478 e. The van der Waals surface area contributed by atoms with Crippen LogP contribution in [0.3, 0.4) is 0 Å². The van der Waals surface area contributed by atoms with Crippen molar-refractivity contribution in [2.24, 2.45) is 0 Å². The number of carbonyl (C=O) groups is 2. The molecule has 4 rings (SSSR count). The largest absolute Gasteiger partial charge is 0.478 e. The Morgan fingerprint density at radius 2 is 1.55 bits per heavy atom. The van der Waals surface area contributed by atoms with Crippen molar-refractivity contribution in [1.29, 1.82) is 0 Å². The highest BCUT2D eigenvalue weighted by Gasteiger charge is 2.24. The molecular weight excluding hydrogens is 416 g/mol. The Balaban J connectivity index is 1.68. The molecule has 3 aromatic carbocycles. The van der Waals surface area contributed by atoms with E-state index in [2.05, 4.69) is 10.2 Å². The van der Waals surface area contributed by atoms with Crippen molar-refractivity contribution in [2.45, 2.75) is 19.5 Å². The fourth-order valence-electron chi connectivity index (χ4n) is 3.81. The molecular formula is C27H24N2O4. The summed E-state index contributed by atoms with van der Waals surface area (Å²) in [6.45, 7) is 2.27. The maximum Gasteiger partial charge on any atom is 0.339 e. The average Bonchev–Trinajstić information content (AvgIpc) is 3.32. The second-order valence-electron chi connectivity index (χ2n) is 7.61. The molecule has 1 aromatic heterocycles. The van der Waals surface area contributed by atoms with Crippen LogP contribution in [0.4, 0.5) is 11.4 Å². The summed E-state index contributed by atoms with van der Waals surface area (Å²) in [5, 5.41) is 12.5. The van der Waals surface area contributed by atoms with Crippen molar-refractivity contribution in [2.75, 3.05) is 10.2 Å². The minimum atomic E-state index is -1.03. The zero-order chi connectivity index (χ0) is 23.2. The van der Waals surface area contributed by atoms with Crippen molar-refractivity contribution in [3.05, 3.63) is 120 Å². The molecule has 2 N–H and O–H groups in total. The molecule has 0 aliphatic rings. The number of benzene rings is 3. The maximum atomic E-state index is 12.8. The van der Waals surface area contributed by atoms with Gasteiger partial charge in [-0.15, -0.1) is 0 Å². The summed E-state index contributed by atoms with van der Waals surface area (Å²) in [6.07, 6.45) is 1.39. The number of amides is 1.